The first-order valence-corrected chi connectivity index (χ1v) is 8.43. The Labute approximate surface area is 163 Å². The highest BCUT2D eigenvalue weighted by Crippen LogP contribution is 2.17. The highest BCUT2D eigenvalue weighted by atomic mass is 32.1. The summed E-state index contributed by atoms with van der Waals surface area (Å²) in [6.45, 7) is 7.60. The Balaban J connectivity index is -0.000000128. The molecule has 0 aliphatic heterocycles. The summed E-state index contributed by atoms with van der Waals surface area (Å²) >= 11 is 4.63. The van der Waals surface area contributed by atoms with Crippen LogP contribution >= 0.6 is 12.2 Å². The lowest BCUT2D eigenvalue weighted by atomic mass is 9.92. The Kier molecular flexibility index (Phi) is 25.5. The van der Waals surface area contributed by atoms with Gasteiger partial charge in [0.25, 0.3) is 0 Å². The molecule has 10 heteroatoms. The lowest BCUT2D eigenvalue weighted by Crippen LogP contribution is -2.28. The van der Waals surface area contributed by atoms with E-state index in [1.165, 1.54) is 6.92 Å². The first-order chi connectivity index (χ1) is 11.8. The summed E-state index contributed by atoms with van der Waals surface area (Å²) in [6.07, 6.45) is 0.601. The van der Waals surface area contributed by atoms with Crippen LogP contribution in [-0.4, -0.2) is 65.2 Å². The molecule has 0 unspecified atom stereocenters. The van der Waals surface area contributed by atoms with Crippen LogP contribution in [0.25, 0.3) is 0 Å². The van der Waals surface area contributed by atoms with E-state index in [0.29, 0.717) is 11.5 Å². The van der Waals surface area contributed by atoms with Gasteiger partial charge in [-0.3, -0.25) is 9.59 Å². The quantitative estimate of drug-likeness (QED) is 0.353. The Morgan fingerprint density at radius 2 is 1.08 bits per heavy atom. The van der Waals surface area contributed by atoms with E-state index in [2.05, 4.69) is 44.1 Å². The topological polar surface area (TPSA) is 123 Å². The molecule has 0 heterocycles. The molecule has 6 N–H and O–H groups in total. The summed E-state index contributed by atoms with van der Waals surface area (Å²) in [4.78, 5) is 30.4. The van der Waals surface area contributed by atoms with Crippen molar-refractivity contribution in [1.82, 2.24) is 31.9 Å². The molecule has 0 rings (SSSR count). The number of carbonyl (C=O) groups excluding carboxylic acids is 3. The number of rotatable bonds is 1. The molecule has 0 saturated carbocycles. The third-order valence-electron chi connectivity index (χ3n) is 2.23. The second-order valence-corrected chi connectivity index (χ2v) is 6.28. The van der Waals surface area contributed by atoms with Gasteiger partial charge in [-0.05, 0) is 17.6 Å². The number of carbonyl (C=O) groups is 3. The van der Waals surface area contributed by atoms with E-state index in [-0.39, 0.29) is 23.3 Å². The van der Waals surface area contributed by atoms with Gasteiger partial charge < -0.3 is 31.9 Å². The van der Waals surface area contributed by atoms with E-state index < -0.39 is 0 Å². The Morgan fingerprint density at radius 1 is 0.731 bits per heavy atom. The zero-order valence-corrected chi connectivity index (χ0v) is 18.7. The van der Waals surface area contributed by atoms with Gasteiger partial charge in [-0.15, -0.1) is 0 Å². The van der Waals surface area contributed by atoms with Gasteiger partial charge in [0.2, 0.25) is 11.8 Å². The van der Waals surface area contributed by atoms with Crippen LogP contribution in [0.2, 0.25) is 0 Å². The highest BCUT2D eigenvalue weighted by molar-refractivity contribution is 7.80. The second-order valence-electron chi connectivity index (χ2n) is 5.88. The number of thiocarbonyl (C=S) groups is 1. The Hall–Kier alpha value is -2.10. The van der Waals surface area contributed by atoms with E-state index in [1.54, 1.807) is 42.3 Å². The lowest BCUT2D eigenvalue weighted by Gasteiger charge is -2.15. The molecule has 0 aromatic rings. The van der Waals surface area contributed by atoms with Crippen LogP contribution in [0, 0.1) is 5.41 Å². The molecule has 156 valence electrons. The van der Waals surface area contributed by atoms with E-state index in [4.69, 9.17) is 0 Å². The number of hydrogen-bond acceptors (Lipinski definition) is 4. The fourth-order valence-corrected chi connectivity index (χ4v) is 0.820. The van der Waals surface area contributed by atoms with E-state index in [9.17, 15) is 14.4 Å². The van der Waals surface area contributed by atoms with E-state index >= 15 is 0 Å². The third kappa shape index (κ3) is 43.1. The van der Waals surface area contributed by atoms with Gasteiger partial charge >= 0.3 is 6.03 Å². The zero-order chi connectivity index (χ0) is 21.8. The number of hydrogen-bond donors (Lipinski definition) is 6. The molecule has 0 spiro atoms. The molecule has 0 bridgehead atoms. The van der Waals surface area contributed by atoms with Crippen molar-refractivity contribution >= 4 is 35.2 Å². The average Bonchev–Trinajstić information content (AvgIpc) is 2.60. The van der Waals surface area contributed by atoms with Crippen molar-refractivity contribution in [3.8, 4) is 0 Å². The fraction of sp³-hybridized carbons (Fsp3) is 0.750. The molecule has 26 heavy (non-hydrogen) atoms. The first-order valence-electron chi connectivity index (χ1n) is 8.02. The number of nitrogens with one attached hydrogen (secondary N) is 6. The molecule has 0 aromatic heterocycles. The third-order valence-corrected chi connectivity index (χ3v) is 2.64. The van der Waals surface area contributed by atoms with E-state index in [1.807, 2.05) is 20.8 Å². The second kappa shape index (κ2) is 20.9. The normalized spacial score (nSPS) is 8.38. The van der Waals surface area contributed by atoms with Crippen molar-refractivity contribution in [2.75, 3.05) is 42.3 Å². The molecule has 0 radical (unpaired) electrons. The largest absolute Gasteiger partial charge is 0.366 e. The summed E-state index contributed by atoms with van der Waals surface area (Å²) < 4.78 is 0. The highest BCUT2D eigenvalue weighted by Gasteiger charge is 2.13. The summed E-state index contributed by atoms with van der Waals surface area (Å²) in [6, 6.07) is -0.157. The van der Waals surface area contributed by atoms with Gasteiger partial charge in [-0.2, -0.15) is 0 Å². The van der Waals surface area contributed by atoms with Gasteiger partial charge in [0.15, 0.2) is 5.11 Å². The molecule has 0 aliphatic carbocycles. The average molecular weight is 395 g/mol. The minimum Gasteiger partial charge on any atom is -0.366 e. The first kappa shape index (κ1) is 31.6. The van der Waals surface area contributed by atoms with Gasteiger partial charge in [-0.1, -0.05) is 20.8 Å². The SMILES string of the molecule is CNC(=O)CC(C)(C)C.CNC(=O)NC.CNC(=S)NC.CNC(C)=O. The molecule has 0 atom stereocenters. The van der Waals surface area contributed by atoms with Gasteiger partial charge in [0.05, 0.1) is 0 Å². The predicted octanol–water partition coefficient (Wildman–Crippen LogP) is 0.176. The minimum absolute atomic E-state index is 0.00463. The van der Waals surface area contributed by atoms with Gasteiger partial charge in [-0.25, -0.2) is 4.79 Å². The lowest BCUT2D eigenvalue weighted by molar-refractivity contribution is -0.122. The molecule has 0 saturated heterocycles. The summed E-state index contributed by atoms with van der Waals surface area (Å²) in [7, 11) is 9.95. The van der Waals surface area contributed by atoms with Crippen molar-refractivity contribution in [2.45, 2.75) is 34.1 Å². The van der Waals surface area contributed by atoms with Crippen molar-refractivity contribution < 1.29 is 14.4 Å². The van der Waals surface area contributed by atoms with Crippen molar-refractivity contribution in [3.63, 3.8) is 0 Å². The molecule has 4 amide bonds. The van der Waals surface area contributed by atoms with Gasteiger partial charge in [0.1, 0.15) is 0 Å². The molecule has 0 aliphatic rings. The van der Waals surface area contributed by atoms with Crippen molar-refractivity contribution in [1.29, 1.82) is 0 Å². The smallest absolute Gasteiger partial charge is 0.314 e. The van der Waals surface area contributed by atoms with Crippen molar-refractivity contribution in [2.24, 2.45) is 5.41 Å². The molecular weight excluding hydrogens is 356 g/mol. The van der Waals surface area contributed by atoms with Crippen molar-refractivity contribution in [3.05, 3.63) is 0 Å². The minimum atomic E-state index is -0.157. The van der Waals surface area contributed by atoms with Crippen LogP contribution in [0.1, 0.15) is 34.1 Å². The molecular formula is C16H38N6O3S. The van der Waals surface area contributed by atoms with Gasteiger partial charge in [0, 0.05) is 55.6 Å². The van der Waals surface area contributed by atoms with Crippen LogP contribution in [-0.2, 0) is 9.59 Å². The number of urea groups is 1. The molecule has 9 nitrogen and oxygen atoms in total. The summed E-state index contributed by atoms with van der Waals surface area (Å²) in [5, 5.41) is 15.8. The van der Waals surface area contributed by atoms with Crippen LogP contribution in [0.5, 0.6) is 0 Å². The fourth-order valence-electron chi connectivity index (χ4n) is 0.820. The zero-order valence-electron chi connectivity index (χ0n) is 17.8. The van der Waals surface area contributed by atoms with Crippen LogP contribution in [0.4, 0.5) is 4.79 Å². The monoisotopic (exact) mass is 394 g/mol. The Morgan fingerprint density at radius 3 is 1.12 bits per heavy atom. The maximum absolute atomic E-state index is 10.7. The van der Waals surface area contributed by atoms with Crippen LogP contribution in [0.15, 0.2) is 0 Å². The maximum Gasteiger partial charge on any atom is 0.314 e. The maximum atomic E-state index is 10.7. The van der Waals surface area contributed by atoms with Crippen LogP contribution < -0.4 is 31.9 Å². The van der Waals surface area contributed by atoms with Crippen LogP contribution in [0.3, 0.4) is 0 Å². The summed E-state index contributed by atoms with van der Waals surface area (Å²) in [5.41, 5.74) is 0.111. The Bertz CT molecular complexity index is 370. The standard InChI is InChI=1S/C7H15NO.C3H8N2O.C3H8N2S.C3H7NO/c1-7(2,3)5-6(9)8-4;2*1-4-3(6)5-2;1-3(5)4-2/h5H2,1-4H3,(H,8,9);2*1-2H3,(H2,4,5,6);1-2H3,(H,4,5). The predicted molar refractivity (Wildman–Crippen MR) is 112 cm³/mol. The number of amides is 4. The molecule has 0 fully saturated rings. The molecule has 0 aromatic carbocycles. The summed E-state index contributed by atoms with van der Waals surface area (Å²) in [5.74, 6) is 0.118. The van der Waals surface area contributed by atoms with E-state index in [0.717, 1.165) is 0 Å².